The molecule has 1 fully saturated rings. The summed E-state index contributed by atoms with van der Waals surface area (Å²) in [4.78, 5) is 12.3. The van der Waals surface area contributed by atoms with Crippen molar-refractivity contribution in [3.63, 3.8) is 0 Å². The summed E-state index contributed by atoms with van der Waals surface area (Å²) >= 11 is 0. The smallest absolute Gasteiger partial charge is 0.231 e. The lowest BCUT2D eigenvalue weighted by Crippen LogP contribution is -2.40. The number of hydrogen-bond acceptors (Lipinski definition) is 6. The summed E-state index contributed by atoms with van der Waals surface area (Å²) in [5, 5.41) is 7.01. The molecule has 0 unspecified atom stereocenters. The molecule has 7 heteroatoms. The van der Waals surface area contributed by atoms with Gasteiger partial charge in [0.2, 0.25) is 12.7 Å². The molecule has 2 atom stereocenters. The standard InChI is InChI=1S/C19H22N2O5/c1-12-6-15(26-21-12)8-14-9-23-10-16(14)20-19(22)5-3-13-2-4-17-18(7-13)25-11-24-17/h2,4,6-7,14,16H,3,5,8-11H2,1H3,(H,20,22)/t14-,16+/m1/s1. The van der Waals surface area contributed by atoms with Crippen LogP contribution in [0.1, 0.15) is 23.4 Å². The topological polar surface area (TPSA) is 82.8 Å². The van der Waals surface area contributed by atoms with Gasteiger partial charge in [-0.15, -0.1) is 0 Å². The van der Waals surface area contributed by atoms with Gasteiger partial charge in [0.1, 0.15) is 5.76 Å². The van der Waals surface area contributed by atoms with Gasteiger partial charge in [-0.1, -0.05) is 11.2 Å². The number of nitrogens with zero attached hydrogens (tertiary/aromatic N) is 1. The van der Waals surface area contributed by atoms with Crippen molar-refractivity contribution in [2.24, 2.45) is 5.92 Å². The lowest BCUT2D eigenvalue weighted by atomic mass is 9.98. The van der Waals surface area contributed by atoms with Crippen LogP contribution in [0.4, 0.5) is 0 Å². The van der Waals surface area contributed by atoms with E-state index >= 15 is 0 Å². The van der Waals surface area contributed by atoms with Crippen molar-refractivity contribution in [3.05, 3.63) is 41.3 Å². The summed E-state index contributed by atoms with van der Waals surface area (Å²) in [6.45, 7) is 3.31. The number of ether oxygens (including phenoxy) is 3. The van der Waals surface area contributed by atoms with Gasteiger partial charge in [0.25, 0.3) is 0 Å². The van der Waals surface area contributed by atoms with E-state index in [2.05, 4.69) is 10.5 Å². The first kappa shape index (κ1) is 16.9. The predicted molar refractivity (Wildman–Crippen MR) is 92.1 cm³/mol. The van der Waals surface area contributed by atoms with Crippen molar-refractivity contribution in [1.82, 2.24) is 10.5 Å². The molecule has 1 aromatic heterocycles. The van der Waals surface area contributed by atoms with E-state index < -0.39 is 0 Å². The Hall–Kier alpha value is -2.54. The van der Waals surface area contributed by atoms with Crippen molar-refractivity contribution >= 4 is 5.91 Å². The molecule has 0 aliphatic carbocycles. The maximum absolute atomic E-state index is 12.3. The Balaban J connectivity index is 1.28. The SMILES string of the molecule is Cc1cc(C[C@@H]2COC[C@@H]2NC(=O)CCc2ccc3c(c2)OCO3)on1. The van der Waals surface area contributed by atoms with Crippen LogP contribution in [0, 0.1) is 12.8 Å². The molecule has 0 saturated carbocycles. The molecule has 2 aliphatic rings. The number of aromatic nitrogens is 1. The zero-order valence-corrected chi connectivity index (χ0v) is 14.7. The van der Waals surface area contributed by atoms with Gasteiger partial charge in [-0.05, 0) is 31.0 Å². The number of benzene rings is 1. The Morgan fingerprint density at radius 3 is 2.96 bits per heavy atom. The second-order valence-electron chi connectivity index (χ2n) is 6.80. The highest BCUT2D eigenvalue weighted by Gasteiger charge is 2.30. The van der Waals surface area contributed by atoms with Gasteiger partial charge < -0.3 is 24.1 Å². The Labute approximate surface area is 151 Å². The second kappa shape index (κ2) is 7.37. The summed E-state index contributed by atoms with van der Waals surface area (Å²) < 4.78 is 21.5. The highest BCUT2D eigenvalue weighted by atomic mass is 16.7. The first-order chi connectivity index (χ1) is 12.7. The third-order valence-corrected chi connectivity index (χ3v) is 4.76. The van der Waals surface area contributed by atoms with Gasteiger partial charge >= 0.3 is 0 Å². The number of amides is 1. The van der Waals surface area contributed by atoms with Gasteiger partial charge in [0.05, 0.1) is 24.9 Å². The van der Waals surface area contributed by atoms with Crippen molar-refractivity contribution in [2.75, 3.05) is 20.0 Å². The van der Waals surface area contributed by atoms with E-state index in [1.165, 1.54) is 0 Å². The van der Waals surface area contributed by atoms with Crippen LogP contribution in [0.25, 0.3) is 0 Å². The summed E-state index contributed by atoms with van der Waals surface area (Å²) in [6, 6.07) is 7.72. The van der Waals surface area contributed by atoms with Crippen LogP contribution in [0.5, 0.6) is 11.5 Å². The number of rotatable bonds is 6. The Kier molecular flexibility index (Phi) is 4.79. The van der Waals surface area contributed by atoms with Crippen molar-refractivity contribution in [3.8, 4) is 11.5 Å². The van der Waals surface area contributed by atoms with Gasteiger partial charge in [-0.3, -0.25) is 4.79 Å². The fourth-order valence-electron chi connectivity index (χ4n) is 3.36. The van der Waals surface area contributed by atoms with Crippen LogP contribution in [-0.4, -0.2) is 37.1 Å². The maximum atomic E-state index is 12.3. The van der Waals surface area contributed by atoms with E-state index in [1.807, 2.05) is 31.2 Å². The molecule has 0 bridgehead atoms. The molecule has 26 heavy (non-hydrogen) atoms. The number of nitrogens with one attached hydrogen (secondary N) is 1. The average Bonchev–Trinajstić information content (AvgIpc) is 3.35. The van der Waals surface area contributed by atoms with Gasteiger partial charge in [0, 0.05) is 24.8 Å². The molecule has 1 saturated heterocycles. The minimum Gasteiger partial charge on any atom is -0.454 e. The maximum Gasteiger partial charge on any atom is 0.231 e. The molecule has 4 rings (SSSR count). The summed E-state index contributed by atoms with van der Waals surface area (Å²) in [6.07, 6.45) is 1.79. The van der Waals surface area contributed by atoms with E-state index in [4.69, 9.17) is 18.7 Å². The zero-order valence-electron chi connectivity index (χ0n) is 14.7. The third-order valence-electron chi connectivity index (χ3n) is 4.76. The minimum absolute atomic E-state index is 0.00431. The third kappa shape index (κ3) is 3.83. The minimum atomic E-state index is 0.00431. The van der Waals surface area contributed by atoms with E-state index in [0.29, 0.717) is 32.5 Å². The number of carbonyl (C=O) groups is 1. The Bertz CT molecular complexity index is 788. The lowest BCUT2D eigenvalue weighted by molar-refractivity contribution is -0.122. The van der Waals surface area contributed by atoms with E-state index in [-0.39, 0.29) is 24.7 Å². The molecule has 3 heterocycles. The highest BCUT2D eigenvalue weighted by molar-refractivity contribution is 5.76. The average molecular weight is 358 g/mol. The van der Waals surface area contributed by atoms with Gasteiger partial charge in [-0.25, -0.2) is 0 Å². The van der Waals surface area contributed by atoms with E-state index in [1.54, 1.807) is 0 Å². The van der Waals surface area contributed by atoms with Crippen LogP contribution < -0.4 is 14.8 Å². The van der Waals surface area contributed by atoms with Crippen molar-refractivity contribution in [1.29, 1.82) is 0 Å². The molecular weight excluding hydrogens is 336 g/mol. The quantitative estimate of drug-likeness (QED) is 0.851. The lowest BCUT2D eigenvalue weighted by Gasteiger charge is -2.18. The molecule has 1 amide bonds. The molecule has 1 aromatic carbocycles. The fourth-order valence-corrected chi connectivity index (χ4v) is 3.36. The largest absolute Gasteiger partial charge is 0.454 e. The number of aryl methyl sites for hydroxylation is 2. The molecule has 0 radical (unpaired) electrons. The molecular formula is C19H22N2O5. The predicted octanol–water partition coefficient (Wildman–Crippen LogP) is 2.02. The van der Waals surface area contributed by atoms with E-state index in [9.17, 15) is 4.79 Å². The first-order valence-electron chi connectivity index (χ1n) is 8.85. The van der Waals surface area contributed by atoms with Gasteiger partial charge in [0.15, 0.2) is 11.5 Å². The normalized spacial score (nSPS) is 21.1. The fraction of sp³-hybridized carbons (Fsp3) is 0.474. The molecule has 2 aromatic rings. The zero-order chi connectivity index (χ0) is 17.9. The first-order valence-corrected chi connectivity index (χ1v) is 8.85. The molecule has 138 valence electrons. The second-order valence-corrected chi connectivity index (χ2v) is 6.80. The van der Waals surface area contributed by atoms with E-state index in [0.717, 1.165) is 28.5 Å². The molecule has 7 nitrogen and oxygen atoms in total. The summed E-state index contributed by atoms with van der Waals surface area (Å²) in [7, 11) is 0. The Morgan fingerprint density at radius 1 is 1.23 bits per heavy atom. The van der Waals surface area contributed by atoms with Crippen LogP contribution in [0.2, 0.25) is 0 Å². The van der Waals surface area contributed by atoms with Gasteiger partial charge in [-0.2, -0.15) is 0 Å². The monoisotopic (exact) mass is 358 g/mol. The Morgan fingerprint density at radius 2 is 2.12 bits per heavy atom. The highest BCUT2D eigenvalue weighted by Crippen LogP contribution is 2.32. The number of hydrogen-bond donors (Lipinski definition) is 1. The van der Waals surface area contributed by atoms with Crippen LogP contribution in [0.3, 0.4) is 0 Å². The van der Waals surface area contributed by atoms with Crippen molar-refractivity contribution < 1.29 is 23.5 Å². The van der Waals surface area contributed by atoms with Crippen LogP contribution in [0.15, 0.2) is 28.8 Å². The number of carbonyl (C=O) groups excluding carboxylic acids is 1. The number of fused-ring (bicyclic) bond motifs is 1. The summed E-state index contributed by atoms with van der Waals surface area (Å²) in [5.41, 5.74) is 1.92. The molecule has 1 N–H and O–H groups in total. The summed E-state index contributed by atoms with van der Waals surface area (Å²) in [5.74, 6) is 2.56. The van der Waals surface area contributed by atoms with Crippen molar-refractivity contribution in [2.45, 2.75) is 32.2 Å². The molecule has 2 aliphatic heterocycles. The molecule has 0 spiro atoms. The van der Waals surface area contributed by atoms with Crippen LogP contribution >= 0.6 is 0 Å². The van der Waals surface area contributed by atoms with Crippen LogP contribution in [-0.2, 0) is 22.4 Å².